The van der Waals surface area contributed by atoms with E-state index in [0.29, 0.717) is 12.4 Å². The van der Waals surface area contributed by atoms with Crippen LogP contribution in [0.4, 0.5) is 8.78 Å². The van der Waals surface area contributed by atoms with Crippen molar-refractivity contribution in [3.05, 3.63) is 42.2 Å². The standard InChI is InChI=1S/C14H20F2N4/c1-3-5-17-11(2)12-4-7-19(9-12)10-13-18-6-8-20(13)14(15)16/h4,6-9,11,14,17H,3,5,10H2,1-2H3. The van der Waals surface area contributed by atoms with Crippen molar-refractivity contribution in [2.24, 2.45) is 0 Å². The van der Waals surface area contributed by atoms with Crippen LogP contribution in [0.5, 0.6) is 0 Å². The predicted octanol–water partition coefficient (Wildman–Crippen LogP) is 3.19. The van der Waals surface area contributed by atoms with Crippen LogP contribution in [0.3, 0.4) is 0 Å². The van der Waals surface area contributed by atoms with Crippen LogP contribution >= 0.6 is 0 Å². The quantitative estimate of drug-likeness (QED) is 0.846. The van der Waals surface area contributed by atoms with Gasteiger partial charge in [0.15, 0.2) is 0 Å². The van der Waals surface area contributed by atoms with Crippen molar-refractivity contribution in [2.75, 3.05) is 6.54 Å². The third-order valence-corrected chi connectivity index (χ3v) is 3.26. The number of halogens is 2. The van der Waals surface area contributed by atoms with Crippen LogP contribution < -0.4 is 5.32 Å². The van der Waals surface area contributed by atoms with Crippen LogP contribution in [0.25, 0.3) is 0 Å². The second kappa shape index (κ2) is 6.65. The zero-order valence-electron chi connectivity index (χ0n) is 11.8. The van der Waals surface area contributed by atoms with Crippen molar-refractivity contribution in [2.45, 2.75) is 39.4 Å². The van der Waals surface area contributed by atoms with Gasteiger partial charge in [-0.05, 0) is 31.5 Å². The third-order valence-electron chi connectivity index (χ3n) is 3.26. The van der Waals surface area contributed by atoms with Gasteiger partial charge in [0.1, 0.15) is 5.82 Å². The van der Waals surface area contributed by atoms with Crippen molar-refractivity contribution in [1.82, 2.24) is 19.4 Å². The number of aromatic nitrogens is 3. The molecule has 0 amide bonds. The fraction of sp³-hybridized carbons (Fsp3) is 0.500. The first-order valence-electron chi connectivity index (χ1n) is 6.80. The highest BCUT2D eigenvalue weighted by atomic mass is 19.3. The SMILES string of the molecule is CCCNC(C)c1ccn(Cc2nccn2C(F)F)c1. The summed E-state index contributed by atoms with van der Waals surface area (Å²) in [5.74, 6) is 0.358. The molecular formula is C14H20F2N4. The average Bonchev–Trinajstić information content (AvgIpc) is 3.05. The molecule has 4 nitrogen and oxygen atoms in total. The second-order valence-electron chi connectivity index (χ2n) is 4.82. The lowest BCUT2D eigenvalue weighted by molar-refractivity contribution is 0.0667. The predicted molar refractivity (Wildman–Crippen MR) is 73.7 cm³/mol. The molecule has 0 aliphatic carbocycles. The summed E-state index contributed by atoms with van der Waals surface area (Å²) >= 11 is 0. The largest absolute Gasteiger partial charge is 0.346 e. The molecule has 1 atom stereocenters. The van der Waals surface area contributed by atoms with E-state index < -0.39 is 6.55 Å². The molecule has 0 saturated heterocycles. The molecule has 0 aliphatic rings. The van der Waals surface area contributed by atoms with Gasteiger partial charge in [0.25, 0.3) is 0 Å². The maximum Gasteiger partial charge on any atom is 0.319 e. The topological polar surface area (TPSA) is 34.8 Å². The van der Waals surface area contributed by atoms with Gasteiger partial charge in [-0.15, -0.1) is 0 Å². The van der Waals surface area contributed by atoms with Crippen molar-refractivity contribution >= 4 is 0 Å². The van der Waals surface area contributed by atoms with Gasteiger partial charge in [0, 0.05) is 30.8 Å². The van der Waals surface area contributed by atoms with E-state index in [1.54, 1.807) is 0 Å². The smallest absolute Gasteiger partial charge is 0.319 e. The summed E-state index contributed by atoms with van der Waals surface area (Å²) in [6.45, 7) is 2.97. The van der Waals surface area contributed by atoms with Crippen molar-refractivity contribution in [1.29, 1.82) is 0 Å². The van der Waals surface area contributed by atoms with E-state index in [-0.39, 0.29) is 6.04 Å². The van der Waals surface area contributed by atoms with Crippen molar-refractivity contribution in [3.8, 4) is 0 Å². The summed E-state index contributed by atoms with van der Waals surface area (Å²) in [5.41, 5.74) is 1.15. The summed E-state index contributed by atoms with van der Waals surface area (Å²) in [7, 11) is 0. The summed E-state index contributed by atoms with van der Waals surface area (Å²) in [6, 6.07) is 2.26. The van der Waals surface area contributed by atoms with E-state index in [4.69, 9.17) is 0 Å². The van der Waals surface area contributed by atoms with Crippen LogP contribution in [0, 0.1) is 0 Å². The Morgan fingerprint density at radius 2 is 2.15 bits per heavy atom. The first-order chi connectivity index (χ1) is 9.61. The summed E-state index contributed by atoms with van der Waals surface area (Å²) in [5, 5.41) is 3.40. The van der Waals surface area contributed by atoms with E-state index in [1.165, 1.54) is 12.4 Å². The lowest BCUT2D eigenvalue weighted by atomic mass is 10.2. The van der Waals surface area contributed by atoms with Crippen LogP contribution in [0.2, 0.25) is 0 Å². The molecule has 0 radical (unpaired) electrons. The molecular weight excluding hydrogens is 262 g/mol. The number of alkyl halides is 2. The third kappa shape index (κ3) is 3.45. The van der Waals surface area contributed by atoms with Gasteiger partial charge in [-0.3, -0.25) is 4.57 Å². The van der Waals surface area contributed by atoms with Gasteiger partial charge in [0.2, 0.25) is 0 Å². The lowest BCUT2D eigenvalue weighted by Crippen LogP contribution is -2.18. The minimum atomic E-state index is -2.55. The molecule has 0 spiro atoms. The number of hydrogen-bond donors (Lipinski definition) is 1. The molecule has 1 unspecified atom stereocenters. The molecule has 0 aromatic carbocycles. The van der Waals surface area contributed by atoms with E-state index in [2.05, 4.69) is 24.1 Å². The summed E-state index contributed by atoms with van der Waals surface area (Å²) < 4.78 is 28.2. The fourth-order valence-corrected chi connectivity index (χ4v) is 2.10. The van der Waals surface area contributed by atoms with Crippen LogP contribution in [0.1, 0.15) is 44.2 Å². The van der Waals surface area contributed by atoms with Crippen LogP contribution in [0.15, 0.2) is 30.9 Å². The maximum absolute atomic E-state index is 12.7. The molecule has 0 bridgehead atoms. The van der Waals surface area contributed by atoms with Gasteiger partial charge in [-0.1, -0.05) is 6.92 Å². The monoisotopic (exact) mass is 282 g/mol. The van der Waals surface area contributed by atoms with Gasteiger partial charge < -0.3 is 9.88 Å². The first-order valence-corrected chi connectivity index (χ1v) is 6.80. The Labute approximate surface area is 117 Å². The van der Waals surface area contributed by atoms with E-state index in [9.17, 15) is 8.78 Å². The lowest BCUT2D eigenvalue weighted by Gasteiger charge is -2.11. The molecule has 20 heavy (non-hydrogen) atoms. The van der Waals surface area contributed by atoms with E-state index in [0.717, 1.165) is 23.1 Å². The highest BCUT2D eigenvalue weighted by Gasteiger charge is 2.12. The highest BCUT2D eigenvalue weighted by molar-refractivity contribution is 5.15. The number of nitrogens with one attached hydrogen (secondary N) is 1. The second-order valence-corrected chi connectivity index (χ2v) is 4.82. The number of rotatable bonds is 7. The Kier molecular flexibility index (Phi) is 4.89. The molecule has 110 valence electrons. The summed E-state index contributed by atoms with van der Waals surface area (Å²) in [4.78, 5) is 3.98. The number of nitrogens with zero attached hydrogens (tertiary/aromatic N) is 3. The maximum atomic E-state index is 12.7. The van der Waals surface area contributed by atoms with E-state index in [1.807, 2.05) is 23.0 Å². The van der Waals surface area contributed by atoms with Gasteiger partial charge >= 0.3 is 6.55 Å². The zero-order chi connectivity index (χ0) is 14.5. The van der Waals surface area contributed by atoms with Crippen molar-refractivity contribution in [3.63, 3.8) is 0 Å². The molecule has 6 heteroatoms. The minimum absolute atomic E-state index is 0.256. The van der Waals surface area contributed by atoms with Crippen LogP contribution in [-0.2, 0) is 6.54 Å². The fourth-order valence-electron chi connectivity index (χ4n) is 2.10. The number of imidazole rings is 1. The summed E-state index contributed by atoms with van der Waals surface area (Å²) in [6.07, 6.45) is 7.64. The molecule has 0 saturated carbocycles. The normalized spacial score (nSPS) is 13.1. The Bertz CT molecular complexity index is 533. The van der Waals surface area contributed by atoms with Gasteiger partial charge in [-0.25, -0.2) is 4.98 Å². The Balaban J connectivity index is 2.04. The average molecular weight is 282 g/mol. The first kappa shape index (κ1) is 14.7. The molecule has 1 N–H and O–H groups in total. The molecule has 2 aromatic heterocycles. The zero-order valence-corrected chi connectivity index (χ0v) is 11.8. The van der Waals surface area contributed by atoms with E-state index >= 15 is 0 Å². The molecule has 0 aliphatic heterocycles. The molecule has 0 fully saturated rings. The van der Waals surface area contributed by atoms with Crippen LogP contribution in [-0.4, -0.2) is 20.7 Å². The Morgan fingerprint density at radius 1 is 1.35 bits per heavy atom. The molecule has 2 rings (SSSR count). The van der Waals surface area contributed by atoms with Gasteiger partial charge in [-0.2, -0.15) is 8.78 Å². The number of hydrogen-bond acceptors (Lipinski definition) is 2. The Morgan fingerprint density at radius 3 is 2.85 bits per heavy atom. The molecule has 2 aromatic rings. The van der Waals surface area contributed by atoms with Crippen molar-refractivity contribution < 1.29 is 8.78 Å². The van der Waals surface area contributed by atoms with Gasteiger partial charge in [0.05, 0.1) is 6.54 Å². The Hall–Kier alpha value is -1.69. The highest BCUT2D eigenvalue weighted by Crippen LogP contribution is 2.16. The molecule has 2 heterocycles. The minimum Gasteiger partial charge on any atom is -0.346 e.